The van der Waals surface area contributed by atoms with Crippen molar-refractivity contribution >= 4 is 52.1 Å². The van der Waals surface area contributed by atoms with Gasteiger partial charge in [0.05, 0.1) is 20.5 Å². The molecule has 1 aliphatic heterocycles. The average Bonchev–Trinajstić information content (AvgIpc) is 3.00. The minimum absolute atomic E-state index is 0.300. The van der Waals surface area contributed by atoms with Crippen molar-refractivity contribution in [3.8, 4) is 0 Å². The topological polar surface area (TPSA) is 70.6 Å². The molecular weight excluding hydrogens is 547 g/mol. The smallest absolute Gasteiger partial charge is 0.286 e. The second kappa shape index (κ2) is 8.87. The molecule has 1 heterocycles. The summed E-state index contributed by atoms with van der Waals surface area (Å²) in [7, 11) is 0. The Morgan fingerprint density at radius 2 is 1.42 bits per heavy atom. The molecule has 0 fully saturated rings. The van der Waals surface area contributed by atoms with E-state index >= 15 is 0 Å². The van der Waals surface area contributed by atoms with Crippen LogP contribution in [-0.2, 0) is 0 Å². The third-order valence-electron chi connectivity index (χ3n) is 3.70. The highest BCUT2D eigenvalue weighted by atomic mass is 35.5. The van der Waals surface area contributed by atoms with Crippen LogP contribution in [0.4, 0.5) is 48.7 Å². The molecule has 3 amide bonds. The van der Waals surface area contributed by atoms with Gasteiger partial charge in [0, 0.05) is 0 Å². The summed E-state index contributed by atoms with van der Waals surface area (Å²) in [6.07, 6.45) is -19.4. The van der Waals surface area contributed by atoms with Crippen LogP contribution in [-0.4, -0.2) is 41.2 Å². The van der Waals surface area contributed by atoms with Crippen molar-refractivity contribution in [2.24, 2.45) is 4.99 Å². The van der Waals surface area contributed by atoms with E-state index in [-0.39, 0.29) is 10.0 Å². The SMILES string of the molecule is O=C(NC(=O)c1c(Cl)cccc1Cl)NC1=NC(C(F)(F)F)(C(F)(F)F)C(=C(F)C(F)(F)F)S1. The van der Waals surface area contributed by atoms with Gasteiger partial charge < -0.3 is 0 Å². The largest absolute Gasteiger partial charge is 0.443 e. The number of carbonyl (C=O) groups is 2. The normalized spacial score (nSPS) is 18.0. The van der Waals surface area contributed by atoms with Gasteiger partial charge in [-0.15, -0.1) is 0 Å². The molecule has 0 saturated carbocycles. The zero-order chi connectivity index (χ0) is 25.6. The minimum Gasteiger partial charge on any atom is -0.286 e. The van der Waals surface area contributed by atoms with Crippen molar-refractivity contribution in [2.75, 3.05) is 0 Å². The van der Waals surface area contributed by atoms with Crippen molar-refractivity contribution in [3.05, 3.63) is 44.5 Å². The summed E-state index contributed by atoms with van der Waals surface area (Å²) in [5.74, 6) is -5.09. The Morgan fingerprint density at radius 3 is 1.85 bits per heavy atom. The molecule has 0 radical (unpaired) electrons. The Hall–Kier alpha value is -2.20. The highest BCUT2D eigenvalue weighted by Crippen LogP contribution is 2.59. The molecule has 0 aliphatic carbocycles. The molecule has 0 spiro atoms. The number of hydrogen-bond acceptors (Lipinski definition) is 4. The summed E-state index contributed by atoms with van der Waals surface area (Å²) >= 11 is 10.3. The van der Waals surface area contributed by atoms with Crippen molar-refractivity contribution in [3.63, 3.8) is 0 Å². The average molecular weight is 552 g/mol. The number of alkyl halides is 9. The molecule has 0 atom stereocenters. The van der Waals surface area contributed by atoms with Crippen LogP contribution in [0, 0.1) is 0 Å². The lowest BCUT2D eigenvalue weighted by atomic mass is 9.97. The monoisotopic (exact) mass is 551 g/mol. The second-order valence-corrected chi connectivity index (χ2v) is 7.68. The van der Waals surface area contributed by atoms with Crippen molar-refractivity contribution in [1.29, 1.82) is 0 Å². The summed E-state index contributed by atoms with van der Waals surface area (Å²) in [4.78, 5) is 23.1. The fourth-order valence-electron chi connectivity index (χ4n) is 2.34. The number of carbonyl (C=O) groups excluding carboxylic acids is 2. The van der Waals surface area contributed by atoms with Crippen LogP contribution in [0.15, 0.2) is 33.9 Å². The summed E-state index contributed by atoms with van der Waals surface area (Å²) in [6.45, 7) is 0. The number of amides is 3. The van der Waals surface area contributed by atoms with E-state index in [4.69, 9.17) is 23.2 Å². The van der Waals surface area contributed by atoms with Gasteiger partial charge in [0.15, 0.2) is 5.17 Å². The maximum absolute atomic E-state index is 13.7. The number of imide groups is 1. The molecule has 2 rings (SSSR count). The first-order valence-electron chi connectivity index (χ1n) is 7.78. The second-order valence-electron chi connectivity index (χ2n) is 5.87. The standard InChI is InChI=1S/C15H5Cl2F10N3O2S/c16-4-2-1-3-5(17)6(4)9(31)28-10(32)29-11-30-12(14(22,23)24,15(25,26)27)8(33-11)7(18)13(19,20)21/h1-3H,(H2,28,29,30,31,32). The molecule has 33 heavy (non-hydrogen) atoms. The number of allylic oxidation sites excluding steroid dienone is 1. The molecule has 18 heteroatoms. The number of thioether (sulfide) groups is 1. The molecule has 182 valence electrons. The van der Waals surface area contributed by atoms with Gasteiger partial charge in [-0.25, -0.2) is 14.2 Å². The molecule has 0 bridgehead atoms. The first kappa shape index (κ1) is 27.0. The number of halogens is 12. The van der Waals surface area contributed by atoms with Gasteiger partial charge >= 0.3 is 24.6 Å². The molecule has 1 aliphatic rings. The van der Waals surface area contributed by atoms with Crippen LogP contribution < -0.4 is 10.6 Å². The van der Waals surface area contributed by atoms with Crippen LogP contribution >= 0.6 is 35.0 Å². The highest BCUT2D eigenvalue weighted by Gasteiger charge is 2.77. The quantitative estimate of drug-likeness (QED) is 0.412. The van der Waals surface area contributed by atoms with E-state index in [0.717, 1.165) is 12.1 Å². The van der Waals surface area contributed by atoms with Gasteiger partial charge in [0.25, 0.3) is 11.4 Å². The summed E-state index contributed by atoms with van der Waals surface area (Å²) in [6, 6.07) is 1.77. The molecule has 2 N–H and O–H groups in total. The zero-order valence-corrected chi connectivity index (χ0v) is 17.3. The van der Waals surface area contributed by atoms with Gasteiger partial charge in [-0.2, -0.15) is 39.5 Å². The molecule has 5 nitrogen and oxygen atoms in total. The van der Waals surface area contributed by atoms with Crippen LogP contribution in [0.2, 0.25) is 10.0 Å². The zero-order valence-electron chi connectivity index (χ0n) is 14.9. The number of hydrogen-bond donors (Lipinski definition) is 2. The fourth-order valence-corrected chi connectivity index (χ4v) is 4.05. The van der Waals surface area contributed by atoms with Gasteiger partial charge in [0.1, 0.15) is 0 Å². The van der Waals surface area contributed by atoms with Gasteiger partial charge in [0.2, 0.25) is 5.83 Å². The summed E-state index contributed by atoms with van der Waals surface area (Å²) in [5.41, 5.74) is -6.18. The number of nitrogens with one attached hydrogen (secondary N) is 2. The van der Waals surface area contributed by atoms with E-state index in [9.17, 15) is 53.5 Å². The number of urea groups is 1. The summed E-state index contributed by atoms with van der Waals surface area (Å²) < 4.78 is 132. The van der Waals surface area contributed by atoms with Crippen molar-refractivity contribution in [1.82, 2.24) is 10.6 Å². The lowest BCUT2D eigenvalue weighted by molar-refractivity contribution is -0.280. The van der Waals surface area contributed by atoms with E-state index in [1.54, 1.807) is 0 Å². The number of aliphatic imine (C=N–C) groups is 1. The van der Waals surface area contributed by atoms with Crippen LogP contribution in [0.1, 0.15) is 10.4 Å². The maximum atomic E-state index is 13.7. The number of benzene rings is 1. The lowest BCUT2D eigenvalue weighted by Gasteiger charge is -2.31. The number of amidine groups is 1. The van der Waals surface area contributed by atoms with Gasteiger partial charge in [-0.05, 0) is 12.1 Å². The lowest BCUT2D eigenvalue weighted by Crippen LogP contribution is -2.55. The third kappa shape index (κ3) is 5.16. The van der Waals surface area contributed by atoms with Crippen LogP contribution in [0.25, 0.3) is 0 Å². The molecule has 1 aromatic carbocycles. The highest BCUT2D eigenvalue weighted by molar-refractivity contribution is 8.17. The molecule has 0 aromatic heterocycles. The predicted molar refractivity (Wildman–Crippen MR) is 96.5 cm³/mol. The van der Waals surface area contributed by atoms with E-state index in [1.165, 1.54) is 16.7 Å². The maximum Gasteiger partial charge on any atom is 0.443 e. The predicted octanol–water partition coefficient (Wildman–Crippen LogP) is 6.14. The molecule has 0 unspecified atom stereocenters. The number of nitrogens with zero attached hydrogens (tertiary/aromatic N) is 1. The Morgan fingerprint density at radius 1 is 0.939 bits per heavy atom. The number of rotatable bonds is 1. The Kier molecular flexibility index (Phi) is 7.27. The van der Waals surface area contributed by atoms with Crippen molar-refractivity contribution < 1.29 is 53.5 Å². The molecular formula is C15H5Cl2F10N3O2S. The Bertz CT molecular complexity index is 1020. The van der Waals surface area contributed by atoms with Gasteiger partial charge in [-0.3, -0.25) is 15.4 Å². The van der Waals surface area contributed by atoms with E-state index < -0.39 is 69.2 Å². The van der Waals surface area contributed by atoms with Crippen molar-refractivity contribution in [2.45, 2.75) is 24.1 Å². The Balaban J connectivity index is 2.45. The van der Waals surface area contributed by atoms with Crippen LogP contribution in [0.3, 0.4) is 0 Å². The summed E-state index contributed by atoms with van der Waals surface area (Å²) in [5, 5.41) is 0.352. The first-order valence-corrected chi connectivity index (χ1v) is 9.35. The molecule has 1 aromatic rings. The molecule has 0 saturated heterocycles. The third-order valence-corrected chi connectivity index (χ3v) is 5.40. The van der Waals surface area contributed by atoms with Gasteiger partial charge in [-0.1, -0.05) is 41.0 Å². The van der Waals surface area contributed by atoms with E-state index in [1.807, 2.05) is 0 Å². The first-order chi connectivity index (χ1) is 14.8. The van der Waals surface area contributed by atoms with E-state index in [0.29, 0.717) is 0 Å². The van der Waals surface area contributed by atoms with Crippen LogP contribution in [0.5, 0.6) is 0 Å². The minimum atomic E-state index is -6.60. The fraction of sp³-hybridized carbons (Fsp3) is 0.267. The Labute approximate surface area is 190 Å². The van der Waals surface area contributed by atoms with E-state index in [2.05, 4.69) is 4.99 Å².